The Hall–Kier alpha value is -2.21. The third kappa shape index (κ3) is 2.34. The Morgan fingerprint density at radius 1 is 1.30 bits per heavy atom. The molecule has 1 amide bonds. The summed E-state index contributed by atoms with van der Waals surface area (Å²) in [6, 6.07) is 6.03. The van der Waals surface area contributed by atoms with Crippen molar-refractivity contribution < 1.29 is 18.7 Å². The molecule has 2 saturated heterocycles. The highest BCUT2D eigenvalue weighted by molar-refractivity contribution is 6.01. The topological polar surface area (TPSA) is 62.4 Å². The van der Waals surface area contributed by atoms with E-state index < -0.39 is 5.60 Å². The van der Waals surface area contributed by atoms with E-state index in [4.69, 9.17) is 4.74 Å². The predicted molar refractivity (Wildman–Crippen MR) is 81.7 cm³/mol. The first-order chi connectivity index (χ1) is 11.1. The second kappa shape index (κ2) is 5.16. The molecule has 0 aliphatic carbocycles. The molecule has 1 aromatic carbocycles. The van der Waals surface area contributed by atoms with Gasteiger partial charge in [-0.25, -0.2) is 4.39 Å². The fraction of sp³-hybridized carbons (Fsp3) is 0.412. The van der Waals surface area contributed by atoms with Crippen molar-refractivity contribution in [1.82, 2.24) is 9.88 Å². The van der Waals surface area contributed by atoms with Crippen LogP contribution in [-0.2, 0) is 9.53 Å². The van der Waals surface area contributed by atoms with E-state index in [1.807, 2.05) is 0 Å². The molecule has 2 aromatic rings. The lowest BCUT2D eigenvalue weighted by atomic mass is 9.87. The number of hydrogen-bond acceptors (Lipinski definition) is 3. The number of halogens is 1. The number of fused-ring (bicyclic) bond motifs is 1. The van der Waals surface area contributed by atoms with Crippen LogP contribution in [0.4, 0.5) is 4.39 Å². The molecule has 23 heavy (non-hydrogen) atoms. The first-order valence-corrected chi connectivity index (χ1v) is 7.82. The number of carbonyl (C=O) groups excluding carboxylic acids is 2. The fourth-order valence-electron chi connectivity index (χ4n) is 3.52. The van der Waals surface area contributed by atoms with Gasteiger partial charge in [0, 0.05) is 30.5 Å². The van der Waals surface area contributed by atoms with Crippen molar-refractivity contribution in [1.29, 1.82) is 0 Å². The lowest BCUT2D eigenvalue weighted by molar-refractivity contribution is -0.144. The molecule has 0 radical (unpaired) electrons. The molecule has 2 aliphatic heterocycles. The summed E-state index contributed by atoms with van der Waals surface area (Å²) in [6.45, 7) is 1.18. The number of H-pyrrole nitrogens is 1. The second-order valence-electron chi connectivity index (χ2n) is 6.26. The van der Waals surface area contributed by atoms with E-state index in [-0.39, 0.29) is 24.1 Å². The van der Waals surface area contributed by atoms with Crippen molar-refractivity contribution in [3.8, 4) is 0 Å². The zero-order chi connectivity index (χ0) is 16.0. The molecule has 6 heteroatoms. The van der Waals surface area contributed by atoms with E-state index in [0.717, 1.165) is 18.2 Å². The van der Waals surface area contributed by atoms with Crippen molar-refractivity contribution in [2.75, 3.05) is 19.7 Å². The summed E-state index contributed by atoms with van der Waals surface area (Å²) in [6.07, 6.45) is 2.19. The van der Waals surface area contributed by atoms with Crippen molar-refractivity contribution in [3.63, 3.8) is 0 Å². The van der Waals surface area contributed by atoms with E-state index in [2.05, 4.69) is 4.98 Å². The summed E-state index contributed by atoms with van der Waals surface area (Å²) in [7, 11) is 0. The predicted octanol–water partition coefficient (Wildman–Crippen LogP) is 2.27. The fourth-order valence-corrected chi connectivity index (χ4v) is 3.52. The average molecular weight is 316 g/mol. The first kappa shape index (κ1) is 14.4. The Balaban J connectivity index is 1.55. The number of likely N-dealkylation sites (tertiary alicyclic amines) is 1. The van der Waals surface area contributed by atoms with Crippen LogP contribution in [0.2, 0.25) is 0 Å². The first-order valence-electron chi connectivity index (χ1n) is 7.82. The Labute approximate surface area is 132 Å². The Bertz CT molecular complexity index is 792. The van der Waals surface area contributed by atoms with E-state index in [0.29, 0.717) is 30.8 Å². The van der Waals surface area contributed by atoms with Crippen molar-refractivity contribution in [2.45, 2.75) is 24.9 Å². The van der Waals surface area contributed by atoms with E-state index >= 15 is 0 Å². The molecular formula is C17H17FN2O3. The maximum Gasteiger partial charge on any atom is 0.270 e. The smallest absolute Gasteiger partial charge is 0.270 e. The summed E-state index contributed by atoms with van der Waals surface area (Å²) in [5, 5.41) is 0.772. The van der Waals surface area contributed by atoms with Crippen molar-refractivity contribution in [3.05, 3.63) is 35.8 Å². The molecule has 1 atom stereocenters. The number of nitrogens with one attached hydrogen (secondary N) is 1. The summed E-state index contributed by atoms with van der Waals surface area (Å²) >= 11 is 0. The number of carbonyl (C=O) groups is 2. The van der Waals surface area contributed by atoms with Gasteiger partial charge in [0.15, 0.2) is 5.78 Å². The minimum atomic E-state index is -0.666. The monoisotopic (exact) mass is 316 g/mol. The number of benzene rings is 1. The summed E-state index contributed by atoms with van der Waals surface area (Å²) in [4.78, 5) is 29.5. The van der Waals surface area contributed by atoms with Crippen LogP contribution >= 0.6 is 0 Å². The third-order valence-corrected chi connectivity index (χ3v) is 4.83. The number of ketones is 1. The van der Waals surface area contributed by atoms with Gasteiger partial charge in [0.05, 0.1) is 6.54 Å². The molecule has 120 valence electrons. The van der Waals surface area contributed by atoms with Crippen LogP contribution in [0.1, 0.15) is 29.8 Å². The highest BCUT2D eigenvalue weighted by Gasteiger charge is 2.46. The molecule has 1 aromatic heterocycles. The molecule has 0 unspecified atom stereocenters. The van der Waals surface area contributed by atoms with Gasteiger partial charge in [0.1, 0.15) is 17.1 Å². The van der Waals surface area contributed by atoms with Gasteiger partial charge in [0.2, 0.25) is 0 Å². The Kier molecular flexibility index (Phi) is 3.23. The maximum atomic E-state index is 13.2. The number of hydrogen-bond donors (Lipinski definition) is 1. The van der Waals surface area contributed by atoms with Crippen molar-refractivity contribution >= 4 is 22.6 Å². The Morgan fingerprint density at radius 3 is 2.91 bits per heavy atom. The van der Waals surface area contributed by atoms with Gasteiger partial charge < -0.3 is 14.6 Å². The molecule has 1 spiro atoms. The third-order valence-electron chi connectivity index (χ3n) is 4.83. The number of amides is 1. The van der Waals surface area contributed by atoms with Gasteiger partial charge in [-0.2, -0.15) is 0 Å². The molecule has 4 rings (SSSR count). The number of aromatic amines is 1. The average Bonchev–Trinajstić information content (AvgIpc) is 3.16. The summed E-state index contributed by atoms with van der Waals surface area (Å²) in [5.74, 6) is -0.605. The summed E-state index contributed by atoms with van der Waals surface area (Å²) < 4.78 is 18.9. The number of ether oxygens (including phenoxy) is 1. The van der Waals surface area contributed by atoms with Gasteiger partial charge in [0.25, 0.3) is 5.91 Å². The van der Waals surface area contributed by atoms with Crippen LogP contribution in [0.5, 0.6) is 0 Å². The van der Waals surface area contributed by atoms with Gasteiger partial charge in [-0.05, 0) is 37.1 Å². The van der Waals surface area contributed by atoms with Crippen LogP contribution in [0.25, 0.3) is 10.9 Å². The lowest BCUT2D eigenvalue weighted by Gasteiger charge is -2.36. The van der Waals surface area contributed by atoms with Crippen molar-refractivity contribution in [2.24, 2.45) is 0 Å². The molecule has 2 fully saturated rings. The molecule has 3 heterocycles. The molecule has 1 N–H and O–H groups in total. The van der Waals surface area contributed by atoms with E-state index in [1.165, 1.54) is 17.0 Å². The number of nitrogens with zero attached hydrogens (tertiary/aromatic N) is 1. The SMILES string of the molecule is O=C(c1cc2ccc(F)cc2[nH]1)N1CC[C@@]2(CCCO2)C(=O)C1. The number of rotatable bonds is 1. The normalized spacial score (nSPS) is 24.7. The van der Waals surface area contributed by atoms with E-state index in [1.54, 1.807) is 12.1 Å². The number of piperidine rings is 1. The van der Waals surface area contributed by atoms with Crippen LogP contribution in [-0.4, -0.2) is 46.9 Å². The van der Waals surface area contributed by atoms with Gasteiger partial charge in [-0.1, -0.05) is 0 Å². The Morgan fingerprint density at radius 2 is 2.17 bits per heavy atom. The molecule has 5 nitrogen and oxygen atoms in total. The van der Waals surface area contributed by atoms with Crippen LogP contribution in [0.3, 0.4) is 0 Å². The van der Waals surface area contributed by atoms with Gasteiger partial charge in [-0.15, -0.1) is 0 Å². The zero-order valence-corrected chi connectivity index (χ0v) is 12.6. The quantitative estimate of drug-likeness (QED) is 0.878. The van der Waals surface area contributed by atoms with E-state index in [9.17, 15) is 14.0 Å². The lowest BCUT2D eigenvalue weighted by Crippen LogP contribution is -2.53. The van der Waals surface area contributed by atoms with Crippen LogP contribution in [0.15, 0.2) is 24.3 Å². The second-order valence-corrected chi connectivity index (χ2v) is 6.26. The molecular weight excluding hydrogens is 299 g/mol. The van der Waals surface area contributed by atoms with Crippen LogP contribution in [0, 0.1) is 5.82 Å². The largest absolute Gasteiger partial charge is 0.367 e. The molecule has 2 aliphatic rings. The maximum absolute atomic E-state index is 13.2. The highest BCUT2D eigenvalue weighted by Crippen LogP contribution is 2.33. The number of Topliss-reactive ketones (excluding diaryl/α,β-unsaturated/α-hetero) is 1. The highest BCUT2D eigenvalue weighted by atomic mass is 19.1. The van der Waals surface area contributed by atoms with Crippen LogP contribution < -0.4 is 0 Å². The van der Waals surface area contributed by atoms with Gasteiger partial charge >= 0.3 is 0 Å². The molecule has 0 bridgehead atoms. The van der Waals surface area contributed by atoms with Gasteiger partial charge in [-0.3, -0.25) is 9.59 Å². The molecule has 0 saturated carbocycles. The standard InChI is InChI=1S/C17H17FN2O3/c18-12-3-2-11-8-14(19-13(11)9-12)16(22)20-6-5-17(15(21)10-20)4-1-7-23-17/h2-3,8-9,19H,1,4-7,10H2/t17-/m0/s1. The number of aromatic nitrogens is 1. The minimum Gasteiger partial charge on any atom is -0.367 e. The minimum absolute atomic E-state index is 0.0169. The summed E-state index contributed by atoms with van der Waals surface area (Å²) in [5.41, 5.74) is 0.286. The zero-order valence-electron chi connectivity index (χ0n) is 12.6.